The fraction of sp³-hybridized carbons (Fsp3) is 0. The fourth-order valence-corrected chi connectivity index (χ4v) is 1.87. The standard InChI is InChI=1S/C13H7BrF3NO/c14-11-3-1-2-10(12(11)17)13(19)18-9-5-7(15)4-8(16)6-9/h1-6H,(H,18,19). The van der Waals surface area contributed by atoms with E-state index in [9.17, 15) is 18.0 Å². The lowest BCUT2D eigenvalue weighted by atomic mass is 10.2. The molecule has 0 aliphatic carbocycles. The first-order valence-electron chi connectivity index (χ1n) is 5.19. The molecule has 0 radical (unpaired) electrons. The van der Waals surface area contributed by atoms with Gasteiger partial charge in [0.15, 0.2) is 0 Å². The lowest BCUT2D eigenvalue weighted by Crippen LogP contribution is -2.14. The predicted octanol–water partition coefficient (Wildman–Crippen LogP) is 4.12. The van der Waals surface area contributed by atoms with Crippen molar-refractivity contribution in [3.05, 3.63) is 63.9 Å². The molecule has 19 heavy (non-hydrogen) atoms. The molecule has 6 heteroatoms. The van der Waals surface area contributed by atoms with Crippen LogP contribution in [0.1, 0.15) is 10.4 Å². The van der Waals surface area contributed by atoms with Crippen LogP contribution < -0.4 is 5.32 Å². The molecule has 0 unspecified atom stereocenters. The number of carbonyl (C=O) groups excluding carboxylic acids is 1. The maximum atomic E-state index is 13.7. The van der Waals surface area contributed by atoms with Crippen LogP contribution in [0, 0.1) is 17.5 Å². The molecular formula is C13H7BrF3NO. The molecule has 0 saturated heterocycles. The molecule has 2 aromatic rings. The Morgan fingerprint density at radius 3 is 2.32 bits per heavy atom. The first kappa shape index (κ1) is 13.6. The molecule has 1 amide bonds. The number of halogens is 4. The summed E-state index contributed by atoms with van der Waals surface area (Å²) >= 11 is 2.95. The van der Waals surface area contributed by atoms with E-state index in [0.717, 1.165) is 12.1 Å². The zero-order chi connectivity index (χ0) is 14.0. The number of benzene rings is 2. The highest BCUT2D eigenvalue weighted by Crippen LogP contribution is 2.20. The van der Waals surface area contributed by atoms with E-state index in [-0.39, 0.29) is 15.7 Å². The summed E-state index contributed by atoms with van der Waals surface area (Å²) < 4.78 is 39.7. The van der Waals surface area contributed by atoms with Gasteiger partial charge in [-0.3, -0.25) is 4.79 Å². The summed E-state index contributed by atoms with van der Waals surface area (Å²) in [6.45, 7) is 0. The van der Waals surface area contributed by atoms with Gasteiger partial charge in [0.25, 0.3) is 5.91 Å². The predicted molar refractivity (Wildman–Crippen MR) is 68.4 cm³/mol. The van der Waals surface area contributed by atoms with Gasteiger partial charge >= 0.3 is 0 Å². The van der Waals surface area contributed by atoms with Crippen LogP contribution in [0.3, 0.4) is 0 Å². The summed E-state index contributed by atoms with van der Waals surface area (Å²) in [7, 11) is 0. The van der Waals surface area contributed by atoms with Crippen LogP contribution in [0.25, 0.3) is 0 Å². The number of nitrogens with one attached hydrogen (secondary N) is 1. The van der Waals surface area contributed by atoms with Crippen molar-refractivity contribution in [1.29, 1.82) is 0 Å². The Bertz CT molecular complexity index is 626. The van der Waals surface area contributed by atoms with Gasteiger partial charge in [-0.15, -0.1) is 0 Å². The molecule has 0 aromatic heterocycles. The van der Waals surface area contributed by atoms with E-state index in [0.29, 0.717) is 6.07 Å². The molecule has 0 bridgehead atoms. The lowest BCUT2D eigenvalue weighted by molar-refractivity contribution is 0.102. The van der Waals surface area contributed by atoms with Gasteiger partial charge in [0, 0.05) is 11.8 Å². The Morgan fingerprint density at radius 1 is 1.05 bits per heavy atom. The van der Waals surface area contributed by atoms with Crippen molar-refractivity contribution >= 4 is 27.5 Å². The average Bonchev–Trinajstić information content (AvgIpc) is 2.31. The molecule has 1 N–H and O–H groups in total. The molecule has 2 rings (SSSR count). The third kappa shape index (κ3) is 3.14. The molecule has 2 aromatic carbocycles. The summed E-state index contributed by atoms with van der Waals surface area (Å²) in [5.41, 5.74) is -0.305. The average molecular weight is 330 g/mol. The summed E-state index contributed by atoms with van der Waals surface area (Å²) in [4.78, 5) is 11.8. The molecule has 0 fully saturated rings. The van der Waals surface area contributed by atoms with Crippen LogP contribution in [0.5, 0.6) is 0 Å². The van der Waals surface area contributed by atoms with Crippen molar-refractivity contribution in [3.8, 4) is 0 Å². The number of carbonyl (C=O) groups is 1. The molecule has 0 saturated carbocycles. The Labute approximate surface area is 115 Å². The van der Waals surface area contributed by atoms with E-state index in [2.05, 4.69) is 21.2 Å². The van der Waals surface area contributed by atoms with E-state index in [1.54, 1.807) is 0 Å². The summed E-state index contributed by atoms with van der Waals surface area (Å²) in [5.74, 6) is -3.18. The fourth-order valence-electron chi connectivity index (χ4n) is 1.50. The van der Waals surface area contributed by atoms with E-state index in [4.69, 9.17) is 0 Å². The lowest BCUT2D eigenvalue weighted by Gasteiger charge is -2.07. The van der Waals surface area contributed by atoms with Gasteiger partial charge in [0.05, 0.1) is 10.0 Å². The Balaban J connectivity index is 2.28. The van der Waals surface area contributed by atoms with Crippen LogP contribution in [0.4, 0.5) is 18.9 Å². The summed E-state index contributed by atoms with van der Waals surface area (Å²) in [6, 6.07) is 6.75. The van der Waals surface area contributed by atoms with Crippen LogP contribution in [0.15, 0.2) is 40.9 Å². The number of hydrogen-bond donors (Lipinski definition) is 1. The van der Waals surface area contributed by atoms with E-state index >= 15 is 0 Å². The highest BCUT2D eigenvalue weighted by atomic mass is 79.9. The minimum atomic E-state index is -0.829. The maximum absolute atomic E-state index is 13.7. The van der Waals surface area contributed by atoms with Gasteiger partial charge in [-0.25, -0.2) is 13.2 Å². The summed E-state index contributed by atoms with van der Waals surface area (Å²) in [6.07, 6.45) is 0. The molecular weight excluding hydrogens is 323 g/mol. The van der Waals surface area contributed by atoms with Gasteiger partial charge in [-0.2, -0.15) is 0 Å². The minimum Gasteiger partial charge on any atom is -0.322 e. The third-order valence-corrected chi connectivity index (χ3v) is 2.93. The largest absolute Gasteiger partial charge is 0.322 e. The Morgan fingerprint density at radius 2 is 1.68 bits per heavy atom. The number of rotatable bonds is 2. The second-order valence-corrected chi connectivity index (χ2v) is 4.57. The molecule has 0 aliphatic rings. The van der Waals surface area contributed by atoms with Crippen molar-refractivity contribution in [2.45, 2.75) is 0 Å². The molecule has 0 spiro atoms. The highest BCUT2D eigenvalue weighted by molar-refractivity contribution is 9.10. The van der Waals surface area contributed by atoms with Crippen molar-refractivity contribution in [2.75, 3.05) is 5.32 Å². The van der Waals surface area contributed by atoms with E-state index in [1.807, 2.05) is 0 Å². The Hall–Kier alpha value is -1.82. The topological polar surface area (TPSA) is 29.1 Å². The van der Waals surface area contributed by atoms with Crippen LogP contribution in [-0.2, 0) is 0 Å². The third-order valence-electron chi connectivity index (χ3n) is 2.32. The van der Waals surface area contributed by atoms with Crippen LogP contribution in [0.2, 0.25) is 0 Å². The molecule has 0 atom stereocenters. The Kier molecular flexibility index (Phi) is 3.90. The van der Waals surface area contributed by atoms with Gasteiger partial charge in [-0.1, -0.05) is 6.07 Å². The molecule has 2 nitrogen and oxygen atoms in total. The van der Waals surface area contributed by atoms with Gasteiger partial charge in [0.2, 0.25) is 0 Å². The van der Waals surface area contributed by atoms with Gasteiger partial charge < -0.3 is 5.32 Å². The first-order chi connectivity index (χ1) is 8.97. The van der Waals surface area contributed by atoms with Crippen molar-refractivity contribution in [2.24, 2.45) is 0 Å². The maximum Gasteiger partial charge on any atom is 0.258 e. The quantitative estimate of drug-likeness (QED) is 0.882. The van der Waals surface area contributed by atoms with Crippen LogP contribution in [-0.4, -0.2) is 5.91 Å². The number of hydrogen-bond acceptors (Lipinski definition) is 1. The van der Waals surface area contributed by atoms with Gasteiger partial charge in [-0.05, 0) is 40.2 Å². The van der Waals surface area contributed by atoms with Crippen molar-refractivity contribution in [1.82, 2.24) is 0 Å². The number of anilines is 1. The highest BCUT2D eigenvalue weighted by Gasteiger charge is 2.14. The SMILES string of the molecule is O=C(Nc1cc(F)cc(F)c1)c1cccc(Br)c1F. The van der Waals surface area contributed by atoms with Crippen LogP contribution >= 0.6 is 15.9 Å². The smallest absolute Gasteiger partial charge is 0.258 e. The zero-order valence-electron chi connectivity index (χ0n) is 9.38. The minimum absolute atomic E-state index is 0.0816. The second kappa shape index (κ2) is 5.44. The number of amides is 1. The van der Waals surface area contributed by atoms with Crippen molar-refractivity contribution < 1.29 is 18.0 Å². The molecule has 0 heterocycles. The van der Waals surface area contributed by atoms with E-state index in [1.165, 1.54) is 18.2 Å². The normalized spacial score (nSPS) is 10.3. The van der Waals surface area contributed by atoms with Gasteiger partial charge in [0.1, 0.15) is 17.5 Å². The van der Waals surface area contributed by atoms with Crippen molar-refractivity contribution in [3.63, 3.8) is 0 Å². The zero-order valence-corrected chi connectivity index (χ0v) is 11.0. The molecule has 98 valence electrons. The first-order valence-corrected chi connectivity index (χ1v) is 5.98. The molecule has 0 aliphatic heterocycles. The second-order valence-electron chi connectivity index (χ2n) is 3.71. The monoisotopic (exact) mass is 329 g/mol. The van der Waals surface area contributed by atoms with E-state index < -0.39 is 23.4 Å². The summed E-state index contributed by atoms with van der Waals surface area (Å²) in [5, 5.41) is 2.23.